The summed E-state index contributed by atoms with van der Waals surface area (Å²) in [7, 11) is -3.74. The summed E-state index contributed by atoms with van der Waals surface area (Å²) in [5.74, 6) is 0. The average molecular weight is 208 g/mol. The topological polar surface area (TPSA) is 55.8 Å². The Balaban J connectivity index is 2.48. The van der Waals surface area contributed by atoms with Gasteiger partial charge in [-0.05, 0) is 25.7 Å². The second kappa shape index (κ2) is 5.11. The average Bonchev–Trinajstić information content (AvgIpc) is 2.00. The number of phosphoric acid groups is 1. The molecule has 1 aliphatic rings. The van der Waals surface area contributed by atoms with E-state index in [1.165, 1.54) is 0 Å². The molecule has 0 spiro atoms. The molecule has 1 N–H and O–H groups in total. The molecule has 1 heterocycles. The summed E-state index contributed by atoms with van der Waals surface area (Å²) in [6.45, 7) is 2.36. The Hall–Kier alpha value is 0.110. The van der Waals surface area contributed by atoms with E-state index in [4.69, 9.17) is 9.05 Å². The molecule has 0 amide bonds. The molecule has 0 radical (unpaired) electrons. The first kappa shape index (κ1) is 11.2. The van der Waals surface area contributed by atoms with Gasteiger partial charge in [-0.2, -0.15) is 0 Å². The first-order valence-electron chi connectivity index (χ1n) is 4.80. The van der Waals surface area contributed by atoms with Crippen molar-refractivity contribution in [3.63, 3.8) is 0 Å². The van der Waals surface area contributed by atoms with Crippen molar-refractivity contribution in [2.75, 3.05) is 6.61 Å². The maximum absolute atomic E-state index is 11.2. The Morgan fingerprint density at radius 2 is 2.31 bits per heavy atom. The standard InChI is InChI=1S/C8H17O4P/c1-2-5-8-6-3-4-7-11-13(9,10)12-8/h8H,2-7H2,1H3,(H,9,10). The van der Waals surface area contributed by atoms with Gasteiger partial charge in [-0.3, -0.25) is 9.05 Å². The Labute approximate surface area is 78.9 Å². The molecule has 1 saturated heterocycles. The third kappa shape index (κ3) is 4.23. The molecule has 0 aromatic rings. The van der Waals surface area contributed by atoms with Crippen molar-refractivity contribution < 1.29 is 18.5 Å². The lowest BCUT2D eigenvalue weighted by atomic mass is 10.1. The molecule has 78 valence electrons. The van der Waals surface area contributed by atoms with Crippen molar-refractivity contribution in [1.82, 2.24) is 0 Å². The van der Waals surface area contributed by atoms with E-state index in [1.54, 1.807) is 0 Å². The normalized spacial score (nSPS) is 36.6. The minimum absolute atomic E-state index is 0.110. The zero-order valence-electron chi connectivity index (χ0n) is 7.94. The van der Waals surface area contributed by atoms with Crippen molar-refractivity contribution in [3.8, 4) is 0 Å². The molecule has 4 nitrogen and oxygen atoms in total. The van der Waals surface area contributed by atoms with Crippen molar-refractivity contribution in [2.45, 2.75) is 45.1 Å². The van der Waals surface area contributed by atoms with Crippen LogP contribution in [0.2, 0.25) is 0 Å². The number of hydrogen-bond acceptors (Lipinski definition) is 3. The summed E-state index contributed by atoms with van der Waals surface area (Å²) in [5.41, 5.74) is 0. The molecule has 0 aromatic carbocycles. The number of phosphoric ester groups is 1. The molecule has 2 unspecified atom stereocenters. The van der Waals surface area contributed by atoms with Gasteiger partial charge in [0.2, 0.25) is 0 Å². The molecule has 0 bridgehead atoms. The summed E-state index contributed by atoms with van der Waals surface area (Å²) >= 11 is 0. The molecule has 0 aliphatic carbocycles. The summed E-state index contributed by atoms with van der Waals surface area (Å²) in [6, 6.07) is 0. The van der Waals surface area contributed by atoms with E-state index in [1.807, 2.05) is 6.92 Å². The minimum Gasteiger partial charge on any atom is -0.302 e. The van der Waals surface area contributed by atoms with Gasteiger partial charge in [0, 0.05) is 0 Å². The molecule has 1 aliphatic heterocycles. The van der Waals surface area contributed by atoms with Gasteiger partial charge in [-0.1, -0.05) is 13.3 Å². The summed E-state index contributed by atoms with van der Waals surface area (Å²) in [5, 5.41) is 0. The quantitative estimate of drug-likeness (QED) is 0.708. The predicted molar refractivity (Wildman–Crippen MR) is 49.4 cm³/mol. The van der Waals surface area contributed by atoms with Crippen molar-refractivity contribution in [2.24, 2.45) is 0 Å². The second-order valence-electron chi connectivity index (χ2n) is 3.31. The van der Waals surface area contributed by atoms with Gasteiger partial charge >= 0.3 is 7.82 Å². The highest BCUT2D eigenvalue weighted by Gasteiger charge is 2.27. The lowest BCUT2D eigenvalue weighted by Crippen LogP contribution is -2.15. The lowest BCUT2D eigenvalue weighted by molar-refractivity contribution is 0.0768. The van der Waals surface area contributed by atoms with Gasteiger partial charge in [0.1, 0.15) is 0 Å². The van der Waals surface area contributed by atoms with Crippen molar-refractivity contribution in [3.05, 3.63) is 0 Å². The third-order valence-electron chi connectivity index (χ3n) is 2.07. The molecule has 0 saturated carbocycles. The van der Waals surface area contributed by atoms with E-state index < -0.39 is 7.82 Å². The van der Waals surface area contributed by atoms with Crippen LogP contribution in [0.4, 0.5) is 0 Å². The van der Waals surface area contributed by atoms with E-state index >= 15 is 0 Å². The Morgan fingerprint density at radius 3 is 3.00 bits per heavy atom. The zero-order chi connectivity index (χ0) is 9.73. The highest BCUT2D eigenvalue weighted by atomic mass is 31.2. The molecule has 13 heavy (non-hydrogen) atoms. The van der Waals surface area contributed by atoms with Crippen molar-refractivity contribution in [1.29, 1.82) is 0 Å². The van der Waals surface area contributed by atoms with E-state index in [2.05, 4.69) is 0 Å². The molecule has 1 fully saturated rings. The van der Waals surface area contributed by atoms with Crippen LogP contribution in [0.15, 0.2) is 0 Å². The summed E-state index contributed by atoms with van der Waals surface area (Å²) in [4.78, 5) is 9.19. The first-order chi connectivity index (χ1) is 6.14. The van der Waals surface area contributed by atoms with Crippen LogP contribution in [0.25, 0.3) is 0 Å². The van der Waals surface area contributed by atoms with Crippen LogP contribution in [0.3, 0.4) is 0 Å². The maximum atomic E-state index is 11.2. The second-order valence-corrected chi connectivity index (χ2v) is 4.72. The van der Waals surface area contributed by atoms with Crippen LogP contribution in [0.1, 0.15) is 39.0 Å². The van der Waals surface area contributed by atoms with Crippen LogP contribution in [-0.4, -0.2) is 17.6 Å². The van der Waals surface area contributed by atoms with Gasteiger partial charge in [-0.15, -0.1) is 0 Å². The van der Waals surface area contributed by atoms with E-state index in [9.17, 15) is 9.46 Å². The smallest absolute Gasteiger partial charge is 0.302 e. The highest BCUT2D eigenvalue weighted by Crippen LogP contribution is 2.47. The van der Waals surface area contributed by atoms with E-state index in [-0.39, 0.29) is 6.10 Å². The molecule has 5 heteroatoms. The van der Waals surface area contributed by atoms with Crippen LogP contribution < -0.4 is 0 Å². The van der Waals surface area contributed by atoms with Gasteiger partial charge in [-0.25, -0.2) is 4.57 Å². The monoisotopic (exact) mass is 208 g/mol. The molecular weight excluding hydrogens is 191 g/mol. The van der Waals surface area contributed by atoms with Gasteiger partial charge in [0.25, 0.3) is 0 Å². The first-order valence-corrected chi connectivity index (χ1v) is 6.29. The lowest BCUT2D eigenvalue weighted by Gasteiger charge is -2.22. The van der Waals surface area contributed by atoms with E-state index in [0.717, 1.165) is 32.1 Å². The molecule has 2 atom stereocenters. The zero-order valence-corrected chi connectivity index (χ0v) is 8.83. The fourth-order valence-corrected chi connectivity index (χ4v) is 2.45. The van der Waals surface area contributed by atoms with Crippen LogP contribution in [-0.2, 0) is 13.6 Å². The fourth-order valence-electron chi connectivity index (χ4n) is 1.44. The summed E-state index contributed by atoms with van der Waals surface area (Å²) < 4.78 is 20.9. The molecule has 1 rings (SSSR count). The van der Waals surface area contributed by atoms with Crippen LogP contribution in [0.5, 0.6) is 0 Å². The van der Waals surface area contributed by atoms with Crippen LogP contribution >= 0.6 is 7.82 Å². The molecular formula is C8H17O4P. The van der Waals surface area contributed by atoms with Crippen molar-refractivity contribution >= 4 is 7.82 Å². The Morgan fingerprint density at radius 1 is 1.54 bits per heavy atom. The predicted octanol–water partition coefficient (Wildman–Crippen LogP) is 2.47. The Bertz CT molecular complexity index is 195. The maximum Gasteiger partial charge on any atom is 0.472 e. The fraction of sp³-hybridized carbons (Fsp3) is 1.00. The number of hydrogen-bond donors (Lipinski definition) is 1. The van der Waals surface area contributed by atoms with Gasteiger partial charge in [0.15, 0.2) is 0 Å². The number of rotatable bonds is 2. The summed E-state index contributed by atoms with van der Waals surface area (Å²) in [6.07, 6.45) is 4.39. The Kier molecular flexibility index (Phi) is 4.39. The van der Waals surface area contributed by atoms with Gasteiger partial charge < -0.3 is 4.89 Å². The largest absolute Gasteiger partial charge is 0.472 e. The minimum atomic E-state index is -3.74. The highest BCUT2D eigenvalue weighted by molar-refractivity contribution is 7.47. The van der Waals surface area contributed by atoms with E-state index in [0.29, 0.717) is 6.61 Å². The molecule has 0 aromatic heterocycles. The third-order valence-corrected chi connectivity index (χ3v) is 3.14. The van der Waals surface area contributed by atoms with Gasteiger partial charge in [0.05, 0.1) is 12.7 Å². The van der Waals surface area contributed by atoms with Crippen LogP contribution in [0, 0.1) is 0 Å². The SMILES string of the molecule is CCCC1CCCCOP(=O)(O)O1.